The Hall–Kier alpha value is -0.610. The summed E-state index contributed by atoms with van der Waals surface area (Å²) in [5, 5.41) is 0. The molecule has 1 aromatic heterocycles. The van der Waals surface area contributed by atoms with Crippen molar-refractivity contribution in [1.82, 2.24) is 9.27 Å². The monoisotopic (exact) mass is 157 g/mol. The van der Waals surface area contributed by atoms with E-state index in [1.165, 1.54) is 11.5 Å². The lowest BCUT2D eigenvalue weighted by Gasteiger charge is -2.06. The molecule has 0 fully saturated rings. The summed E-state index contributed by atoms with van der Waals surface area (Å²) in [4.78, 5) is 3.22. The Morgan fingerprint density at radius 1 is 1.70 bits per heavy atom. The van der Waals surface area contributed by atoms with E-state index in [0.717, 1.165) is 17.1 Å². The van der Waals surface area contributed by atoms with Crippen molar-refractivity contribution in [2.45, 2.75) is 6.54 Å². The van der Waals surface area contributed by atoms with Crippen LogP contribution in [0.5, 0.6) is 0 Å². The summed E-state index contributed by atoms with van der Waals surface area (Å²) < 4.78 is 3.96. The van der Waals surface area contributed by atoms with Gasteiger partial charge in [0.05, 0.1) is 16.8 Å². The third kappa shape index (κ3) is 1.68. The highest BCUT2D eigenvalue weighted by molar-refractivity contribution is 7.06. The number of nitrogens with zero attached hydrogens (tertiary/aromatic N) is 2. The predicted molar refractivity (Wildman–Crippen MR) is 43.9 cm³/mol. The minimum absolute atomic E-state index is 0.804. The highest BCUT2D eigenvalue weighted by atomic mass is 32.1. The van der Waals surface area contributed by atoms with Crippen LogP contribution in [-0.4, -0.2) is 23.4 Å². The van der Waals surface area contributed by atoms with Crippen molar-refractivity contribution in [2.24, 2.45) is 0 Å². The molecule has 1 rings (SSSR count). The van der Waals surface area contributed by atoms with Crippen molar-refractivity contribution in [3.8, 4) is 0 Å². The number of anilines is 1. The van der Waals surface area contributed by atoms with Gasteiger partial charge in [-0.25, -0.2) is 0 Å². The smallest absolute Gasteiger partial charge is 0.0672 e. The lowest BCUT2D eigenvalue weighted by Crippen LogP contribution is -2.10. The van der Waals surface area contributed by atoms with E-state index in [2.05, 4.69) is 9.27 Å². The van der Waals surface area contributed by atoms with E-state index in [4.69, 9.17) is 5.73 Å². The van der Waals surface area contributed by atoms with Gasteiger partial charge in [0, 0.05) is 6.54 Å². The van der Waals surface area contributed by atoms with E-state index in [0.29, 0.717) is 0 Å². The molecule has 0 spiro atoms. The van der Waals surface area contributed by atoms with Crippen LogP contribution in [0.15, 0.2) is 6.20 Å². The molecule has 2 N–H and O–H groups in total. The maximum atomic E-state index is 5.61. The first-order valence-electron chi connectivity index (χ1n) is 3.04. The van der Waals surface area contributed by atoms with Crippen molar-refractivity contribution in [3.63, 3.8) is 0 Å². The van der Waals surface area contributed by atoms with E-state index in [9.17, 15) is 0 Å². The molecular formula is C6H11N3S. The standard InChI is InChI=1S/C6H11N3S/c1-9(2)4-6-5(7)3-8-10-6/h3H,4,7H2,1-2H3. The summed E-state index contributed by atoms with van der Waals surface area (Å²) in [6.45, 7) is 0.885. The summed E-state index contributed by atoms with van der Waals surface area (Å²) >= 11 is 1.46. The second kappa shape index (κ2) is 2.98. The highest BCUT2D eigenvalue weighted by Gasteiger charge is 2.01. The minimum atomic E-state index is 0.804. The molecule has 0 amide bonds. The fourth-order valence-corrected chi connectivity index (χ4v) is 1.45. The van der Waals surface area contributed by atoms with Crippen molar-refractivity contribution >= 4 is 17.2 Å². The molecule has 56 valence electrons. The molecule has 0 unspecified atom stereocenters. The van der Waals surface area contributed by atoms with Gasteiger partial charge in [0.25, 0.3) is 0 Å². The van der Waals surface area contributed by atoms with Crippen molar-refractivity contribution < 1.29 is 0 Å². The van der Waals surface area contributed by atoms with Crippen LogP contribution < -0.4 is 5.73 Å². The van der Waals surface area contributed by atoms with Crippen molar-refractivity contribution in [3.05, 3.63) is 11.1 Å². The van der Waals surface area contributed by atoms with E-state index in [-0.39, 0.29) is 0 Å². The largest absolute Gasteiger partial charge is 0.396 e. The fraction of sp³-hybridized carbons (Fsp3) is 0.500. The van der Waals surface area contributed by atoms with Gasteiger partial charge in [0.15, 0.2) is 0 Å². The number of hydrogen-bond acceptors (Lipinski definition) is 4. The molecule has 10 heavy (non-hydrogen) atoms. The van der Waals surface area contributed by atoms with Crippen LogP contribution in [0, 0.1) is 0 Å². The molecular weight excluding hydrogens is 146 g/mol. The molecule has 0 aliphatic carbocycles. The Bertz CT molecular complexity index is 207. The second-order valence-electron chi connectivity index (χ2n) is 2.44. The molecule has 1 heterocycles. The average Bonchev–Trinajstić information content (AvgIpc) is 2.15. The third-order valence-corrected chi connectivity index (χ3v) is 1.93. The second-order valence-corrected chi connectivity index (χ2v) is 3.33. The molecule has 0 aromatic carbocycles. The first-order chi connectivity index (χ1) is 4.70. The van der Waals surface area contributed by atoms with Crippen molar-refractivity contribution in [1.29, 1.82) is 0 Å². The molecule has 3 nitrogen and oxygen atoms in total. The topological polar surface area (TPSA) is 42.2 Å². The minimum Gasteiger partial charge on any atom is -0.396 e. The lowest BCUT2D eigenvalue weighted by atomic mass is 10.4. The van der Waals surface area contributed by atoms with E-state index < -0.39 is 0 Å². The summed E-state index contributed by atoms with van der Waals surface area (Å²) in [7, 11) is 4.03. The first-order valence-corrected chi connectivity index (χ1v) is 3.81. The lowest BCUT2D eigenvalue weighted by molar-refractivity contribution is 0.407. The highest BCUT2D eigenvalue weighted by Crippen LogP contribution is 2.16. The first kappa shape index (κ1) is 7.50. The summed E-state index contributed by atoms with van der Waals surface area (Å²) in [6.07, 6.45) is 1.70. The maximum Gasteiger partial charge on any atom is 0.0672 e. The predicted octanol–water partition coefficient (Wildman–Crippen LogP) is 0.787. The molecule has 0 atom stereocenters. The van der Waals surface area contributed by atoms with Crippen LogP contribution in [0.4, 0.5) is 5.69 Å². The zero-order chi connectivity index (χ0) is 7.56. The Morgan fingerprint density at radius 3 is 2.80 bits per heavy atom. The summed E-state index contributed by atoms with van der Waals surface area (Å²) in [6, 6.07) is 0. The zero-order valence-electron chi connectivity index (χ0n) is 6.16. The van der Waals surface area contributed by atoms with Gasteiger partial charge < -0.3 is 10.6 Å². The molecule has 0 saturated heterocycles. The maximum absolute atomic E-state index is 5.61. The van der Waals surface area contributed by atoms with Crippen LogP contribution >= 0.6 is 11.5 Å². The fourth-order valence-electron chi connectivity index (χ4n) is 0.679. The quantitative estimate of drug-likeness (QED) is 0.690. The van der Waals surface area contributed by atoms with Crippen LogP contribution in [0.2, 0.25) is 0 Å². The Balaban J connectivity index is 2.65. The van der Waals surface area contributed by atoms with Gasteiger partial charge in [-0.05, 0) is 25.6 Å². The summed E-state index contributed by atoms with van der Waals surface area (Å²) in [5.41, 5.74) is 6.41. The molecule has 0 radical (unpaired) electrons. The van der Waals surface area contributed by atoms with E-state index in [1.54, 1.807) is 6.20 Å². The van der Waals surface area contributed by atoms with Crippen LogP contribution in [0.3, 0.4) is 0 Å². The normalized spacial score (nSPS) is 10.7. The van der Waals surface area contributed by atoms with Crippen LogP contribution in [0.1, 0.15) is 4.88 Å². The van der Waals surface area contributed by atoms with Gasteiger partial charge in [0.1, 0.15) is 0 Å². The number of rotatable bonds is 2. The van der Waals surface area contributed by atoms with Gasteiger partial charge in [0.2, 0.25) is 0 Å². The van der Waals surface area contributed by atoms with Crippen LogP contribution in [0.25, 0.3) is 0 Å². The zero-order valence-corrected chi connectivity index (χ0v) is 6.98. The molecule has 0 aliphatic rings. The Kier molecular flexibility index (Phi) is 2.24. The average molecular weight is 157 g/mol. The van der Waals surface area contributed by atoms with Gasteiger partial charge >= 0.3 is 0 Å². The number of hydrogen-bond donors (Lipinski definition) is 1. The molecule has 0 saturated carbocycles. The van der Waals surface area contributed by atoms with Gasteiger partial charge in [-0.1, -0.05) is 0 Å². The molecule has 4 heteroatoms. The SMILES string of the molecule is CN(C)Cc1sncc1N. The number of nitrogens with two attached hydrogens (primary N) is 1. The van der Waals surface area contributed by atoms with Gasteiger partial charge in [-0.2, -0.15) is 4.37 Å². The Morgan fingerprint density at radius 2 is 2.40 bits per heavy atom. The number of aromatic nitrogens is 1. The molecule has 1 aromatic rings. The van der Waals surface area contributed by atoms with Crippen LogP contribution in [-0.2, 0) is 6.54 Å². The molecule has 0 bridgehead atoms. The van der Waals surface area contributed by atoms with Crippen molar-refractivity contribution in [2.75, 3.05) is 19.8 Å². The summed E-state index contributed by atoms with van der Waals surface area (Å²) in [5.74, 6) is 0. The number of nitrogen functional groups attached to an aromatic ring is 1. The van der Waals surface area contributed by atoms with E-state index in [1.807, 2.05) is 14.1 Å². The van der Waals surface area contributed by atoms with Gasteiger partial charge in [-0.15, -0.1) is 0 Å². The Labute approximate surface area is 64.6 Å². The van der Waals surface area contributed by atoms with Gasteiger partial charge in [-0.3, -0.25) is 0 Å². The third-order valence-electron chi connectivity index (χ3n) is 1.14. The molecule has 0 aliphatic heterocycles. The van der Waals surface area contributed by atoms with E-state index >= 15 is 0 Å².